The van der Waals surface area contributed by atoms with Gasteiger partial charge >= 0.3 is 0 Å². The van der Waals surface area contributed by atoms with E-state index in [9.17, 15) is 18.4 Å². The van der Waals surface area contributed by atoms with Crippen LogP contribution in [0.3, 0.4) is 0 Å². The van der Waals surface area contributed by atoms with Gasteiger partial charge in [-0.05, 0) is 66.1 Å². The molecule has 0 spiro atoms. The molecule has 0 aliphatic carbocycles. The zero-order valence-corrected chi connectivity index (χ0v) is 21.3. The number of carbonyl (C=O) groups excluding carboxylic acids is 2. The molecule has 8 heteroatoms. The summed E-state index contributed by atoms with van der Waals surface area (Å²) in [5, 5.41) is 2.00. The Kier molecular flexibility index (Phi) is 8.36. The molecule has 1 aliphatic rings. The molecule has 3 aromatic rings. The first-order valence-corrected chi connectivity index (χ1v) is 13.0. The number of carbonyl (C=O) groups is 2. The summed E-state index contributed by atoms with van der Waals surface area (Å²) >= 11 is 1.64. The normalized spacial score (nSPS) is 15.0. The van der Waals surface area contributed by atoms with Crippen LogP contribution in [0.4, 0.5) is 8.78 Å². The minimum atomic E-state index is -0.494. The molecule has 0 saturated heterocycles. The number of nitrogens with zero attached hydrogens (tertiary/aromatic N) is 2. The van der Waals surface area contributed by atoms with E-state index in [1.165, 1.54) is 40.1 Å². The Morgan fingerprint density at radius 1 is 1.11 bits per heavy atom. The van der Waals surface area contributed by atoms with Gasteiger partial charge in [-0.3, -0.25) is 9.59 Å². The average molecular weight is 513 g/mol. The highest BCUT2D eigenvalue weighted by molar-refractivity contribution is 7.10. The van der Waals surface area contributed by atoms with Crippen LogP contribution in [0.25, 0.3) is 0 Å². The van der Waals surface area contributed by atoms with Crippen molar-refractivity contribution >= 4 is 23.2 Å². The minimum absolute atomic E-state index is 0.113. The van der Waals surface area contributed by atoms with E-state index in [4.69, 9.17) is 4.74 Å². The second kappa shape index (κ2) is 11.6. The summed E-state index contributed by atoms with van der Waals surface area (Å²) in [6.45, 7) is 5.04. The molecule has 0 radical (unpaired) electrons. The van der Waals surface area contributed by atoms with E-state index in [1.807, 2.05) is 11.4 Å². The molecular formula is C28H30F2N2O3S. The van der Waals surface area contributed by atoms with Gasteiger partial charge in [0.25, 0.3) is 5.91 Å². The van der Waals surface area contributed by atoms with E-state index >= 15 is 0 Å². The fourth-order valence-corrected chi connectivity index (χ4v) is 5.26. The summed E-state index contributed by atoms with van der Waals surface area (Å²) in [6, 6.07) is 13.1. The summed E-state index contributed by atoms with van der Waals surface area (Å²) in [6.07, 6.45) is 1.44. The Labute approximate surface area is 214 Å². The van der Waals surface area contributed by atoms with Crippen molar-refractivity contribution in [2.45, 2.75) is 32.7 Å². The van der Waals surface area contributed by atoms with Gasteiger partial charge in [0.05, 0.1) is 6.04 Å². The lowest BCUT2D eigenvalue weighted by atomic mass is 10.00. The van der Waals surface area contributed by atoms with E-state index in [1.54, 1.807) is 34.4 Å². The predicted octanol–water partition coefficient (Wildman–Crippen LogP) is 5.72. The van der Waals surface area contributed by atoms with Crippen LogP contribution in [0.5, 0.6) is 5.75 Å². The molecule has 4 rings (SSSR count). The quantitative estimate of drug-likeness (QED) is 0.369. The van der Waals surface area contributed by atoms with Gasteiger partial charge in [-0.25, -0.2) is 8.78 Å². The van der Waals surface area contributed by atoms with Gasteiger partial charge in [-0.2, -0.15) is 0 Å². The minimum Gasteiger partial charge on any atom is -0.491 e. The summed E-state index contributed by atoms with van der Waals surface area (Å²) in [7, 11) is 0. The van der Waals surface area contributed by atoms with Crippen LogP contribution in [0.2, 0.25) is 0 Å². The maximum Gasteiger partial charge on any atom is 0.254 e. The van der Waals surface area contributed by atoms with Crippen LogP contribution in [0, 0.1) is 17.6 Å². The van der Waals surface area contributed by atoms with Crippen molar-refractivity contribution in [1.29, 1.82) is 0 Å². The third-order valence-corrected chi connectivity index (χ3v) is 7.28. The number of rotatable bonds is 9. The second-order valence-electron chi connectivity index (χ2n) is 9.34. The molecule has 1 aromatic heterocycles. The molecular weight excluding hydrogens is 482 g/mol. The van der Waals surface area contributed by atoms with E-state index in [-0.39, 0.29) is 36.6 Å². The van der Waals surface area contributed by atoms with Crippen LogP contribution >= 0.6 is 11.3 Å². The van der Waals surface area contributed by atoms with Crippen LogP contribution < -0.4 is 4.74 Å². The zero-order chi connectivity index (χ0) is 25.7. The Morgan fingerprint density at radius 3 is 2.58 bits per heavy atom. The summed E-state index contributed by atoms with van der Waals surface area (Å²) in [5.74, 6) is -0.732. The maximum atomic E-state index is 13.8. The van der Waals surface area contributed by atoms with E-state index in [2.05, 4.69) is 13.8 Å². The van der Waals surface area contributed by atoms with Gasteiger partial charge < -0.3 is 14.5 Å². The van der Waals surface area contributed by atoms with Crippen LogP contribution in [-0.2, 0) is 11.2 Å². The van der Waals surface area contributed by atoms with Crippen LogP contribution in [0.1, 0.15) is 47.1 Å². The van der Waals surface area contributed by atoms with Crippen molar-refractivity contribution in [3.05, 3.63) is 87.6 Å². The van der Waals surface area contributed by atoms with Crippen molar-refractivity contribution in [2.24, 2.45) is 5.92 Å². The Morgan fingerprint density at radius 2 is 1.86 bits per heavy atom. The van der Waals surface area contributed by atoms with E-state index in [0.717, 1.165) is 18.4 Å². The topological polar surface area (TPSA) is 49.9 Å². The second-order valence-corrected chi connectivity index (χ2v) is 10.3. The molecule has 190 valence electrons. The Bertz CT molecular complexity index is 1210. The number of halogens is 2. The third-order valence-electron chi connectivity index (χ3n) is 6.28. The first-order chi connectivity index (χ1) is 17.3. The Balaban J connectivity index is 1.53. The lowest BCUT2D eigenvalue weighted by Gasteiger charge is -2.37. The van der Waals surface area contributed by atoms with Crippen molar-refractivity contribution in [1.82, 2.24) is 9.80 Å². The lowest BCUT2D eigenvalue weighted by molar-refractivity contribution is -0.135. The number of amides is 2. The van der Waals surface area contributed by atoms with Gasteiger partial charge in [0.1, 0.15) is 30.5 Å². The highest BCUT2D eigenvalue weighted by Crippen LogP contribution is 2.34. The number of thiophene rings is 1. The summed E-state index contributed by atoms with van der Waals surface area (Å²) in [5.41, 5.74) is 1.23. The summed E-state index contributed by atoms with van der Waals surface area (Å²) in [4.78, 5) is 31.3. The van der Waals surface area contributed by atoms with Crippen LogP contribution in [-0.4, -0.2) is 47.9 Å². The number of benzene rings is 2. The molecule has 5 nitrogen and oxygen atoms in total. The van der Waals surface area contributed by atoms with Gasteiger partial charge in [0, 0.05) is 29.6 Å². The monoisotopic (exact) mass is 512 g/mol. The number of hydrogen-bond donors (Lipinski definition) is 0. The molecule has 0 N–H and O–H groups in total. The molecule has 1 atom stereocenters. The molecule has 0 unspecified atom stereocenters. The van der Waals surface area contributed by atoms with Gasteiger partial charge in [0.15, 0.2) is 0 Å². The molecule has 0 bridgehead atoms. The van der Waals surface area contributed by atoms with Gasteiger partial charge in [0.2, 0.25) is 5.91 Å². The first kappa shape index (κ1) is 25.8. The average Bonchev–Trinajstić information content (AvgIpc) is 3.33. The van der Waals surface area contributed by atoms with Crippen molar-refractivity contribution in [3.63, 3.8) is 0 Å². The maximum absolute atomic E-state index is 13.8. The standard InChI is InChI=1S/C28H30F2N2O3S/c1-19(2)9-12-31(28(34)20-5-3-6-21(29)15-20)17-27(33)32-13-10-26-24(11-14-36-26)25(32)18-35-23-8-4-7-22(30)16-23/h3-8,11,14-16,19,25H,9-10,12-13,17-18H2,1-2H3/t25-/m1/s1. The molecule has 1 aliphatic heterocycles. The molecule has 0 fully saturated rings. The number of fused-ring (bicyclic) bond motifs is 1. The van der Waals surface area contributed by atoms with Crippen molar-refractivity contribution in [2.75, 3.05) is 26.2 Å². The highest BCUT2D eigenvalue weighted by atomic mass is 32.1. The van der Waals surface area contributed by atoms with Gasteiger partial charge in [-0.15, -0.1) is 11.3 Å². The molecule has 0 saturated carbocycles. The smallest absolute Gasteiger partial charge is 0.254 e. The SMILES string of the molecule is CC(C)CCN(CC(=O)N1CCc2sccc2[C@H]1COc1cccc(F)c1)C(=O)c1cccc(F)c1. The first-order valence-electron chi connectivity index (χ1n) is 12.1. The van der Waals surface area contributed by atoms with E-state index < -0.39 is 11.6 Å². The molecule has 2 aromatic carbocycles. The zero-order valence-electron chi connectivity index (χ0n) is 20.5. The lowest BCUT2D eigenvalue weighted by Crippen LogP contribution is -2.48. The molecule has 36 heavy (non-hydrogen) atoms. The fourth-order valence-electron chi connectivity index (χ4n) is 4.33. The van der Waals surface area contributed by atoms with Crippen molar-refractivity contribution < 1.29 is 23.1 Å². The predicted molar refractivity (Wildman–Crippen MR) is 136 cm³/mol. The molecule has 2 heterocycles. The number of hydrogen-bond acceptors (Lipinski definition) is 4. The molecule has 2 amide bonds. The van der Waals surface area contributed by atoms with Gasteiger partial charge in [-0.1, -0.05) is 26.0 Å². The highest BCUT2D eigenvalue weighted by Gasteiger charge is 2.33. The number of ether oxygens (including phenoxy) is 1. The van der Waals surface area contributed by atoms with Crippen LogP contribution in [0.15, 0.2) is 60.0 Å². The largest absolute Gasteiger partial charge is 0.491 e. The third kappa shape index (κ3) is 6.29. The van der Waals surface area contributed by atoms with E-state index in [0.29, 0.717) is 24.8 Å². The summed E-state index contributed by atoms with van der Waals surface area (Å²) < 4.78 is 33.3. The fraction of sp³-hybridized carbons (Fsp3) is 0.357. The Hall–Kier alpha value is -3.26. The van der Waals surface area contributed by atoms with Crippen molar-refractivity contribution in [3.8, 4) is 5.75 Å².